The number of rotatable bonds is 4. The summed E-state index contributed by atoms with van der Waals surface area (Å²) >= 11 is 2.32. The molecule has 2 nitrogen and oxygen atoms in total. The third kappa shape index (κ3) is 2.97. The van der Waals surface area contributed by atoms with Crippen LogP contribution in [0.4, 0.5) is 0 Å². The quantitative estimate of drug-likeness (QED) is 0.467. The first-order valence-corrected chi connectivity index (χ1v) is 5.62. The highest BCUT2D eigenvalue weighted by Crippen LogP contribution is 2.37. The van der Waals surface area contributed by atoms with Crippen molar-refractivity contribution in [1.29, 1.82) is 0 Å². The number of hydrogen-bond acceptors (Lipinski definition) is 1. The Hall–Kier alpha value is 0.200. The van der Waals surface area contributed by atoms with Gasteiger partial charge in [-0.25, -0.2) is 0 Å². The van der Waals surface area contributed by atoms with Crippen LogP contribution in [0.1, 0.15) is 19.8 Å². The molecule has 1 rings (SSSR count). The molecule has 0 spiro atoms. The predicted molar refractivity (Wildman–Crippen MR) is 53.8 cm³/mol. The minimum Gasteiger partial charge on any atom is -0.356 e. The van der Waals surface area contributed by atoms with Gasteiger partial charge in [-0.2, -0.15) is 0 Å². The minimum absolute atomic E-state index is 0.266. The average molecular weight is 267 g/mol. The van der Waals surface area contributed by atoms with E-state index in [4.69, 9.17) is 0 Å². The Morgan fingerprint density at radius 2 is 2.36 bits per heavy atom. The molecule has 0 saturated heterocycles. The zero-order valence-electron chi connectivity index (χ0n) is 6.77. The van der Waals surface area contributed by atoms with Crippen LogP contribution >= 0.6 is 22.6 Å². The summed E-state index contributed by atoms with van der Waals surface area (Å²) in [4.78, 5) is 11.2. The molecule has 0 bridgehead atoms. The van der Waals surface area contributed by atoms with Gasteiger partial charge in [0.2, 0.25) is 5.91 Å². The van der Waals surface area contributed by atoms with Crippen LogP contribution in [0.25, 0.3) is 0 Å². The first kappa shape index (κ1) is 9.29. The SMILES string of the molecule is CC1CC1C(=O)NCCCI. The predicted octanol–water partition coefficient (Wildman–Crippen LogP) is 1.58. The van der Waals surface area contributed by atoms with Crippen LogP contribution in [0.3, 0.4) is 0 Å². The standard InChI is InChI=1S/C8H14INO/c1-6-5-7(6)8(11)10-4-2-3-9/h6-7H,2-5H2,1H3,(H,10,11). The summed E-state index contributed by atoms with van der Waals surface area (Å²) < 4.78 is 1.12. The summed E-state index contributed by atoms with van der Waals surface area (Å²) in [5.41, 5.74) is 0. The molecule has 1 saturated carbocycles. The van der Waals surface area contributed by atoms with Crippen LogP contribution in [0, 0.1) is 11.8 Å². The number of hydrogen-bond donors (Lipinski definition) is 1. The number of halogens is 1. The van der Waals surface area contributed by atoms with Crippen LogP contribution < -0.4 is 5.32 Å². The second-order valence-electron chi connectivity index (χ2n) is 3.15. The van der Waals surface area contributed by atoms with E-state index in [0.717, 1.165) is 23.8 Å². The van der Waals surface area contributed by atoms with E-state index >= 15 is 0 Å². The lowest BCUT2D eigenvalue weighted by atomic mass is 10.3. The Morgan fingerprint density at radius 1 is 1.73 bits per heavy atom. The molecule has 11 heavy (non-hydrogen) atoms. The van der Waals surface area contributed by atoms with E-state index in [1.807, 2.05) is 0 Å². The van der Waals surface area contributed by atoms with Crippen molar-refractivity contribution < 1.29 is 4.79 Å². The van der Waals surface area contributed by atoms with Gasteiger partial charge < -0.3 is 5.32 Å². The number of nitrogens with one attached hydrogen (secondary N) is 1. The Kier molecular flexibility index (Phi) is 3.62. The monoisotopic (exact) mass is 267 g/mol. The Balaban J connectivity index is 2.03. The van der Waals surface area contributed by atoms with Crippen molar-refractivity contribution in [2.24, 2.45) is 11.8 Å². The molecule has 0 heterocycles. The van der Waals surface area contributed by atoms with E-state index in [2.05, 4.69) is 34.8 Å². The van der Waals surface area contributed by atoms with E-state index in [0.29, 0.717) is 11.8 Å². The molecule has 2 atom stereocenters. The van der Waals surface area contributed by atoms with Crippen LogP contribution in [0.15, 0.2) is 0 Å². The maximum Gasteiger partial charge on any atom is 0.223 e. The zero-order valence-corrected chi connectivity index (χ0v) is 8.93. The molecular formula is C8H14INO. The first-order valence-electron chi connectivity index (χ1n) is 4.09. The van der Waals surface area contributed by atoms with Crippen LogP contribution in [-0.4, -0.2) is 16.9 Å². The van der Waals surface area contributed by atoms with Gasteiger partial charge in [0.15, 0.2) is 0 Å². The van der Waals surface area contributed by atoms with Gasteiger partial charge in [-0.1, -0.05) is 29.5 Å². The second kappa shape index (κ2) is 4.28. The smallest absolute Gasteiger partial charge is 0.223 e. The fourth-order valence-electron chi connectivity index (χ4n) is 1.10. The van der Waals surface area contributed by atoms with Gasteiger partial charge in [0.1, 0.15) is 0 Å². The topological polar surface area (TPSA) is 29.1 Å². The molecular weight excluding hydrogens is 253 g/mol. The van der Waals surface area contributed by atoms with Crippen LogP contribution in [-0.2, 0) is 4.79 Å². The van der Waals surface area contributed by atoms with Crippen molar-refractivity contribution in [2.75, 3.05) is 11.0 Å². The highest BCUT2D eigenvalue weighted by atomic mass is 127. The van der Waals surface area contributed by atoms with Gasteiger partial charge in [-0.15, -0.1) is 0 Å². The van der Waals surface area contributed by atoms with Crippen LogP contribution in [0.2, 0.25) is 0 Å². The normalized spacial score (nSPS) is 28.2. The second-order valence-corrected chi connectivity index (χ2v) is 4.23. The number of carbonyl (C=O) groups excluding carboxylic acids is 1. The minimum atomic E-state index is 0.266. The molecule has 64 valence electrons. The fourth-order valence-corrected chi connectivity index (χ4v) is 1.48. The summed E-state index contributed by atoms with van der Waals surface area (Å²) in [6, 6.07) is 0. The van der Waals surface area contributed by atoms with Gasteiger partial charge in [0.25, 0.3) is 0 Å². The largest absolute Gasteiger partial charge is 0.356 e. The lowest BCUT2D eigenvalue weighted by molar-refractivity contribution is -0.122. The van der Waals surface area contributed by atoms with E-state index in [-0.39, 0.29) is 5.91 Å². The lowest BCUT2D eigenvalue weighted by Crippen LogP contribution is -2.26. The number of alkyl halides is 1. The van der Waals surface area contributed by atoms with Crippen molar-refractivity contribution in [2.45, 2.75) is 19.8 Å². The van der Waals surface area contributed by atoms with E-state index in [9.17, 15) is 4.79 Å². The molecule has 0 radical (unpaired) electrons. The van der Waals surface area contributed by atoms with Crippen molar-refractivity contribution in [3.8, 4) is 0 Å². The molecule has 3 heteroatoms. The fraction of sp³-hybridized carbons (Fsp3) is 0.875. The summed E-state index contributed by atoms with van der Waals surface area (Å²) in [6.07, 6.45) is 2.18. The third-order valence-corrected chi connectivity index (χ3v) is 2.82. The van der Waals surface area contributed by atoms with Crippen molar-refractivity contribution in [1.82, 2.24) is 5.32 Å². The van der Waals surface area contributed by atoms with Gasteiger partial charge in [-0.3, -0.25) is 4.79 Å². The molecule has 0 aromatic heterocycles. The molecule has 1 aliphatic rings. The van der Waals surface area contributed by atoms with Gasteiger partial charge in [0, 0.05) is 16.9 Å². The Labute approximate surface area is 81.3 Å². The third-order valence-electron chi connectivity index (χ3n) is 2.06. The van der Waals surface area contributed by atoms with Gasteiger partial charge in [-0.05, 0) is 18.8 Å². The molecule has 0 aliphatic heterocycles. The van der Waals surface area contributed by atoms with E-state index < -0.39 is 0 Å². The Bertz CT molecular complexity index is 149. The Morgan fingerprint density at radius 3 is 2.82 bits per heavy atom. The zero-order chi connectivity index (χ0) is 8.27. The average Bonchev–Trinajstić information content (AvgIpc) is 2.67. The van der Waals surface area contributed by atoms with Crippen molar-refractivity contribution in [3.05, 3.63) is 0 Å². The highest BCUT2D eigenvalue weighted by Gasteiger charge is 2.38. The number of carbonyl (C=O) groups is 1. The van der Waals surface area contributed by atoms with Crippen LogP contribution in [0.5, 0.6) is 0 Å². The summed E-state index contributed by atoms with van der Waals surface area (Å²) in [5.74, 6) is 1.24. The van der Waals surface area contributed by atoms with Crippen molar-refractivity contribution >= 4 is 28.5 Å². The first-order chi connectivity index (χ1) is 5.25. The maximum absolute atomic E-state index is 11.2. The lowest BCUT2D eigenvalue weighted by Gasteiger charge is -2.01. The van der Waals surface area contributed by atoms with Crippen molar-refractivity contribution in [3.63, 3.8) is 0 Å². The molecule has 0 aromatic rings. The maximum atomic E-state index is 11.2. The molecule has 1 amide bonds. The summed E-state index contributed by atoms with van der Waals surface area (Å²) in [6.45, 7) is 2.98. The van der Waals surface area contributed by atoms with E-state index in [1.165, 1.54) is 0 Å². The van der Waals surface area contributed by atoms with E-state index in [1.54, 1.807) is 0 Å². The molecule has 1 N–H and O–H groups in total. The van der Waals surface area contributed by atoms with Gasteiger partial charge in [0.05, 0.1) is 0 Å². The number of amides is 1. The molecule has 1 aliphatic carbocycles. The highest BCUT2D eigenvalue weighted by molar-refractivity contribution is 14.1. The van der Waals surface area contributed by atoms with Gasteiger partial charge >= 0.3 is 0 Å². The molecule has 2 unspecified atom stereocenters. The molecule has 0 aromatic carbocycles. The molecule has 1 fully saturated rings. The summed E-state index contributed by atoms with van der Waals surface area (Å²) in [5, 5.41) is 2.93. The summed E-state index contributed by atoms with van der Waals surface area (Å²) in [7, 11) is 0.